The average Bonchev–Trinajstić information content (AvgIpc) is 3.21. The fraction of sp³-hybridized carbons (Fsp3) is 0.0238. The topological polar surface area (TPSA) is 132 Å². The highest BCUT2D eigenvalue weighted by Crippen LogP contribution is 2.21. The molecule has 0 radical (unpaired) electrons. The molecule has 0 saturated heterocycles. The number of phenols is 1. The molecule has 0 atom stereocenters. The summed E-state index contributed by atoms with van der Waals surface area (Å²) in [7, 11) is 0. The van der Waals surface area contributed by atoms with E-state index in [9.17, 15) is 0 Å². The number of pyridine rings is 4. The first kappa shape index (κ1) is 42.8. The van der Waals surface area contributed by atoms with Crippen molar-refractivity contribution in [2.24, 2.45) is 5.73 Å². The van der Waals surface area contributed by atoms with Crippen LogP contribution in [0.4, 0.5) is 0 Å². The Labute approximate surface area is 330 Å². The lowest BCUT2D eigenvalue weighted by molar-refractivity contribution is -0.596. The van der Waals surface area contributed by atoms with Gasteiger partial charge in [0.2, 0.25) is 5.69 Å². The molecule has 4 aromatic heterocycles. The van der Waals surface area contributed by atoms with Crippen molar-refractivity contribution in [2.45, 2.75) is 6.54 Å². The van der Waals surface area contributed by atoms with Crippen molar-refractivity contribution in [3.8, 4) is 52.8 Å². The lowest BCUT2D eigenvalue weighted by Crippen LogP contribution is -3.00. The predicted octanol–water partition coefficient (Wildman–Crippen LogP) is 1.24. The SMILES string of the molecule is C#Cc1ccc(Oc2ccncc2)cc1.N#Cc1ccc(O)cc1.NCc1ccc(Oc2ccncc2)cc1.[Br-].[Br-].c1cc[n+](-c2cc[nH+]cc2)cc1. The highest BCUT2D eigenvalue weighted by molar-refractivity contribution is 5.38. The number of nitrogens with one attached hydrogen (secondary N) is 1. The van der Waals surface area contributed by atoms with Crippen molar-refractivity contribution >= 4 is 0 Å². The summed E-state index contributed by atoms with van der Waals surface area (Å²) < 4.78 is 13.2. The van der Waals surface area contributed by atoms with Crippen LogP contribution in [-0.2, 0) is 6.54 Å². The van der Waals surface area contributed by atoms with Gasteiger partial charge in [0.1, 0.15) is 28.7 Å². The second-order valence-corrected chi connectivity index (χ2v) is 10.3. The van der Waals surface area contributed by atoms with E-state index in [1.807, 2.05) is 122 Å². The van der Waals surface area contributed by atoms with Gasteiger partial charge in [0.15, 0.2) is 24.8 Å². The van der Waals surface area contributed by atoms with E-state index in [0.29, 0.717) is 12.1 Å². The second kappa shape index (κ2) is 24.7. The molecule has 7 rings (SSSR count). The molecule has 0 aliphatic rings. The Kier molecular flexibility index (Phi) is 20.0. The number of nitriles is 1. The number of nitrogens with two attached hydrogens (primary N) is 1. The zero-order valence-corrected chi connectivity index (χ0v) is 31.6. The fourth-order valence-corrected chi connectivity index (χ4v) is 4.05. The van der Waals surface area contributed by atoms with E-state index < -0.39 is 0 Å². The van der Waals surface area contributed by atoms with E-state index in [4.69, 9.17) is 32.0 Å². The van der Waals surface area contributed by atoms with Gasteiger partial charge in [-0.2, -0.15) is 9.83 Å². The molecule has 0 saturated carbocycles. The molecule has 53 heavy (non-hydrogen) atoms. The minimum Gasteiger partial charge on any atom is -1.00 e. The number of rotatable bonds is 6. The third-order valence-corrected chi connectivity index (χ3v) is 6.66. The molecule has 7 aromatic rings. The van der Waals surface area contributed by atoms with Crippen LogP contribution >= 0.6 is 0 Å². The molecule has 0 unspecified atom stereocenters. The number of aromatic nitrogens is 4. The Morgan fingerprint density at radius 3 is 1.55 bits per heavy atom. The molecule has 266 valence electrons. The lowest BCUT2D eigenvalue weighted by atomic mass is 10.2. The number of benzene rings is 3. The van der Waals surface area contributed by atoms with E-state index in [-0.39, 0.29) is 39.7 Å². The highest BCUT2D eigenvalue weighted by Gasteiger charge is 2.02. The van der Waals surface area contributed by atoms with Crippen LogP contribution in [0.1, 0.15) is 16.7 Å². The molecular weight excluding hydrogens is 796 g/mol. The molecule has 3 aromatic carbocycles. The molecule has 0 spiro atoms. The van der Waals surface area contributed by atoms with Crippen LogP contribution in [0.15, 0.2) is 177 Å². The molecule has 0 aliphatic carbocycles. The van der Waals surface area contributed by atoms with Gasteiger partial charge in [0, 0.05) is 49.0 Å². The number of halogens is 2. The summed E-state index contributed by atoms with van der Waals surface area (Å²) in [6, 6.07) is 40.5. The minimum atomic E-state index is 0. The zero-order chi connectivity index (χ0) is 35.9. The minimum absolute atomic E-state index is 0. The summed E-state index contributed by atoms with van der Waals surface area (Å²) in [5, 5.41) is 17.0. The first-order valence-corrected chi connectivity index (χ1v) is 15.7. The summed E-state index contributed by atoms with van der Waals surface area (Å²) in [5.41, 5.74) is 9.17. The van der Waals surface area contributed by atoms with Gasteiger partial charge in [-0.1, -0.05) is 24.1 Å². The normalized spacial score (nSPS) is 9.04. The molecule has 0 bridgehead atoms. The van der Waals surface area contributed by atoms with E-state index in [1.165, 1.54) is 12.1 Å². The van der Waals surface area contributed by atoms with E-state index in [0.717, 1.165) is 39.8 Å². The van der Waals surface area contributed by atoms with Gasteiger partial charge in [-0.05, 0) is 90.5 Å². The zero-order valence-electron chi connectivity index (χ0n) is 28.4. The largest absolute Gasteiger partial charge is 1.00 e. The van der Waals surface area contributed by atoms with Gasteiger partial charge < -0.3 is 54.3 Å². The van der Waals surface area contributed by atoms with Gasteiger partial charge >= 0.3 is 0 Å². The molecule has 0 amide bonds. The van der Waals surface area contributed by atoms with Gasteiger partial charge in [-0.3, -0.25) is 9.97 Å². The number of hydrogen-bond acceptors (Lipinski definition) is 7. The van der Waals surface area contributed by atoms with Crippen molar-refractivity contribution in [3.05, 3.63) is 194 Å². The smallest absolute Gasteiger partial charge is 0.222 e. The van der Waals surface area contributed by atoms with Crippen molar-refractivity contribution in [2.75, 3.05) is 0 Å². The maximum Gasteiger partial charge on any atom is 0.222 e. The van der Waals surface area contributed by atoms with Crippen LogP contribution in [0.5, 0.6) is 28.7 Å². The number of aromatic hydroxyl groups is 1. The number of nitrogens with zero attached hydrogens (tertiary/aromatic N) is 4. The monoisotopic (exact) mass is 830 g/mol. The lowest BCUT2D eigenvalue weighted by Gasteiger charge is -2.05. The maximum absolute atomic E-state index is 8.74. The standard InChI is InChI=1S/C13H9NO.C12H12N2O.C10H9N2.C7H5NO.2BrH/c1-2-11-3-5-12(6-4-11)15-13-7-9-14-10-8-13;13-9-10-1-3-11(4-2-10)15-12-5-7-14-8-6-12;1-2-8-12(9-3-1)10-4-6-11-7-5-10;8-5-6-1-3-7(9)4-2-6;;/h1,3-10H;1-8H,9,13H2;1-9H;1-4,9H;2*1H/q;;+1;;;/p-1. The molecule has 0 aliphatic heterocycles. The Morgan fingerprint density at radius 2 is 1.09 bits per heavy atom. The molecule has 4 N–H and O–H groups in total. The van der Waals surface area contributed by atoms with Gasteiger partial charge in [0.05, 0.1) is 23.8 Å². The predicted molar refractivity (Wildman–Crippen MR) is 195 cm³/mol. The Hall–Kier alpha value is -6.37. The third kappa shape index (κ3) is 16.0. The molecular formula is C42H36Br2N6O3. The fourth-order valence-electron chi connectivity index (χ4n) is 4.05. The van der Waals surface area contributed by atoms with Crippen LogP contribution in [0.3, 0.4) is 0 Å². The van der Waals surface area contributed by atoms with Gasteiger partial charge in [0.25, 0.3) is 0 Å². The average molecular weight is 833 g/mol. The first-order valence-electron chi connectivity index (χ1n) is 15.7. The van der Waals surface area contributed by atoms with Crippen LogP contribution < -0.4 is 58.7 Å². The van der Waals surface area contributed by atoms with E-state index in [1.54, 1.807) is 49.1 Å². The summed E-state index contributed by atoms with van der Waals surface area (Å²) in [6.45, 7) is 0.551. The van der Waals surface area contributed by atoms with Crippen LogP contribution in [0.2, 0.25) is 0 Å². The summed E-state index contributed by atoms with van der Waals surface area (Å²) in [4.78, 5) is 10.8. The van der Waals surface area contributed by atoms with Crippen molar-refractivity contribution in [1.29, 1.82) is 5.26 Å². The number of terminal acetylenes is 1. The van der Waals surface area contributed by atoms with Crippen molar-refractivity contribution < 1.29 is 58.1 Å². The van der Waals surface area contributed by atoms with Gasteiger partial charge in [-0.15, -0.1) is 6.42 Å². The molecule has 4 heterocycles. The van der Waals surface area contributed by atoms with Crippen LogP contribution in [0, 0.1) is 23.7 Å². The van der Waals surface area contributed by atoms with Crippen molar-refractivity contribution in [3.63, 3.8) is 0 Å². The second-order valence-electron chi connectivity index (χ2n) is 10.3. The quantitative estimate of drug-likeness (QED) is 0.191. The number of phenolic OH excluding ortho intramolecular Hbond substituents is 1. The third-order valence-electron chi connectivity index (χ3n) is 6.66. The molecule has 11 heteroatoms. The first-order chi connectivity index (χ1) is 25.1. The maximum atomic E-state index is 8.74. The molecule has 9 nitrogen and oxygen atoms in total. The van der Waals surface area contributed by atoms with Crippen LogP contribution in [-0.4, -0.2) is 15.1 Å². The molecule has 0 fully saturated rings. The number of aromatic amines is 1. The van der Waals surface area contributed by atoms with E-state index >= 15 is 0 Å². The van der Waals surface area contributed by atoms with Crippen LogP contribution in [0.25, 0.3) is 5.69 Å². The highest BCUT2D eigenvalue weighted by atomic mass is 79.9. The van der Waals surface area contributed by atoms with Gasteiger partial charge in [-0.25, -0.2) is 4.98 Å². The summed E-state index contributed by atoms with van der Waals surface area (Å²) in [5.74, 6) is 5.85. The Bertz CT molecular complexity index is 2040. The Morgan fingerprint density at radius 1 is 0.642 bits per heavy atom. The number of H-pyrrole nitrogens is 1. The Balaban J connectivity index is 0.000000245. The number of hydrogen-bond donors (Lipinski definition) is 2. The van der Waals surface area contributed by atoms with E-state index in [2.05, 4.69) is 25.4 Å². The number of ether oxygens (including phenoxy) is 2. The summed E-state index contributed by atoms with van der Waals surface area (Å²) in [6.07, 6.45) is 19.9. The van der Waals surface area contributed by atoms with Crippen molar-refractivity contribution in [1.82, 2.24) is 9.97 Å². The summed E-state index contributed by atoms with van der Waals surface area (Å²) >= 11 is 0.